The molecule has 3 heteroatoms. The molecule has 2 N–H and O–H groups in total. The predicted molar refractivity (Wildman–Crippen MR) is 88.8 cm³/mol. The van der Waals surface area contributed by atoms with Crippen LogP contribution in [0.4, 0.5) is 0 Å². The standard InChI is InChI=1S/C20H32O3/c1-17(2)7-3-8-19(12-21)15(17)6-9-18-10-14(4-5-16(18)19)20(23,11-18)13-22/h12,14-16,22-23H,3-11,13H2,1-2H3/t14-,15-,16-,18+,19+,20+/m1/s1. The summed E-state index contributed by atoms with van der Waals surface area (Å²) < 4.78 is 0. The Balaban J connectivity index is 1.76. The lowest BCUT2D eigenvalue weighted by Crippen LogP contribution is -2.58. The van der Waals surface area contributed by atoms with Gasteiger partial charge in [-0.25, -0.2) is 0 Å². The molecular weight excluding hydrogens is 288 g/mol. The molecule has 4 fully saturated rings. The third kappa shape index (κ3) is 1.93. The van der Waals surface area contributed by atoms with Crippen molar-refractivity contribution < 1.29 is 15.0 Å². The number of carbonyl (C=O) groups excluding carboxylic acids is 1. The summed E-state index contributed by atoms with van der Waals surface area (Å²) in [6, 6.07) is 0. The fourth-order valence-corrected chi connectivity index (χ4v) is 7.86. The van der Waals surface area contributed by atoms with E-state index in [9.17, 15) is 15.0 Å². The van der Waals surface area contributed by atoms with Gasteiger partial charge in [0, 0.05) is 5.41 Å². The molecule has 0 aliphatic heterocycles. The molecule has 0 unspecified atom stereocenters. The van der Waals surface area contributed by atoms with Gasteiger partial charge in [-0.3, -0.25) is 0 Å². The molecule has 4 aliphatic rings. The fourth-order valence-electron chi connectivity index (χ4n) is 7.86. The van der Waals surface area contributed by atoms with Crippen LogP contribution in [-0.2, 0) is 4.79 Å². The van der Waals surface area contributed by atoms with E-state index in [4.69, 9.17) is 0 Å². The zero-order valence-corrected chi connectivity index (χ0v) is 14.7. The highest BCUT2D eigenvalue weighted by molar-refractivity contribution is 5.62. The summed E-state index contributed by atoms with van der Waals surface area (Å²) in [6.45, 7) is 4.60. The van der Waals surface area contributed by atoms with Crippen LogP contribution in [0.15, 0.2) is 0 Å². The van der Waals surface area contributed by atoms with Gasteiger partial charge in [-0.15, -0.1) is 0 Å². The Morgan fingerprint density at radius 3 is 2.57 bits per heavy atom. The van der Waals surface area contributed by atoms with Gasteiger partial charge >= 0.3 is 0 Å². The van der Waals surface area contributed by atoms with E-state index in [0.717, 1.165) is 44.9 Å². The summed E-state index contributed by atoms with van der Waals surface area (Å²) in [5.74, 6) is 1.15. The van der Waals surface area contributed by atoms with Gasteiger partial charge in [0.2, 0.25) is 0 Å². The van der Waals surface area contributed by atoms with E-state index < -0.39 is 5.60 Å². The summed E-state index contributed by atoms with van der Waals surface area (Å²) in [7, 11) is 0. The molecule has 0 aromatic carbocycles. The van der Waals surface area contributed by atoms with Crippen LogP contribution in [0.5, 0.6) is 0 Å². The van der Waals surface area contributed by atoms with E-state index in [1.54, 1.807) is 0 Å². The molecule has 0 saturated heterocycles. The Morgan fingerprint density at radius 2 is 1.87 bits per heavy atom. The maximum absolute atomic E-state index is 12.4. The molecule has 23 heavy (non-hydrogen) atoms. The molecule has 0 heterocycles. The number of carbonyl (C=O) groups is 1. The van der Waals surface area contributed by atoms with Crippen molar-refractivity contribution in [3.05, 3.63) is 0 Å². The van der Waals surface area contributed by atoms with Crippen molar-refractivity contribution in [2.75, 3.05) is 6.61 Å². The van der Waals surface area contributed by atoms with E-state index in [-0.39, 0.29) is 28.8 Å². The monoisotopic (exact) mass is 320 g/mol. The minimum absolute atomic E-state index is 0.102. The summed E-state index contributed by atoms with van der Waals surface area (Å²) in [6.07, 6.45) is 10.8. The van der Waals surface area contributed by atoms with Gasteiger partial charge in [0.1, 0.15) is 6.29 Å². The van der Waals surface area contributed by atoms with Gasteiger partial charge in [0.05, 0.1) is 12.2 Å². The highest BCUT2D eigenvalue weighted by atomic mass is 16.3. The van der Waals surface area contributed by atoms with Crippen LogP contribution in [0.3, 0.4) is 0 Å². The van der Waals surface area contributed by atoms with Crippen LogP contribution in [-0.4, -0.2) is 28.7 Å². The molecule has 4 rings (SSSR count). The molecule has 0 aromatic heterocycles. The molecule has 6 atom stereocenters. The molecule has 0 amide bonds. The maximum Gasteiger partial charge on any atom is 0.126 e. The molecular formula is C20H32O3. The highest BCUT2D eigenvalue weighted by Crippen LogP contribution is 2.72. The normalized spacial score (nSPS) is 54.2. The summed E-state index contributed by atoms with van der Waals surface area (Å²) >= 11 is 0. The summed E-state index contributed by atoms with van der Waals surface area (Å²) in [5, 5.41) is 20.7. The van der Waals surface area contributed by atoms with Crippen LogP contribution in [0.2, 0.25) is 0 Å². The summed E-state index contributed by atoms with van der Waals surface area (Å²) in [4.78, 5) is 12.4. The third-order valence-electron chi connectivity index (χ3n) is 8.71. The first kappa shape index (κ1) is 16.1. The zero-order valence-electron chi connectivity index (χ0n) is 14.7. The number of fused-ring (bicyclic) bond motifs is 3. The molecule has 1 spiro atoms. The SMILES string of the molecule is CC1(C)CCC[C@]2(C=O)[C@@H]1CC[C@@]13C[C@@H](CC[C@H]12)[C@@](O)(CO)C3. The van der Waals surface area contributed by atoms with Gasteiger partial charge in [-0.05, 0) is 80.0 Å². The average Bonchev–Trinajstić information content (AvgIpc) is 2.73. The molecule has 2 bridgehead atoms. The van der Waals surface area contributed by atoms with E-state index in [1.165, 1.54) is 12.7 Å². The van der Waals surface area contributed by atoms with Crippen molar-refractivity contribution in [1.82, 2.24) is 0 Å². The largest absolute Gasteiger partial charge is 0.393 e. The number of aldehydes is 1. The maximum atomic E-state index is 12.4. The lowest BCUT2D eigenvalue weighted by molar-refractivity contribution is -0.164. The Kier molecular flexibility index (Phi) is 3.37. The first-order valence-corrected chi connectivity index (χ1v) is 9.62. The van der Waals surface area contributed by atoms with Gasteiger partial charge in [0.25, 0.3) is 0 Å². The highest BCUT2D eigenvalue weighted by Gasteiger charge is 2.68. The predicted octanol–water partition coefficient (Wildman–Crippen LogP) is 3.32. The van der Waals surface area contributed by atoms with Crippen molar-refractivity contribution in [3.63, 3.8) is 0 Å². The minimum atomic E-state index is -0.893. The van der Waals surface area contributed by atoms with Crippen molar-refractivity contribution in [2.45, 2.75) is 77.2 Å². The molecule has 0 aromatic rings. The van der Waals surface area contributed by atoms with Crippen LogP contribution in [0, 0.1) is 34.0 Å². The average molecular weight is 320 g/mol. The first-order chi connectivity index (χ1) is 10.8. The lowest BCUT2D eigenvalue weighted by atomic mass is 9.41. The van der Waals surface area contributed by atoms with Crippen LogP contribution < -0.4 is 0 Å². The first-order valence-electron chi connectivity index (χ1n) is 9.62. The van der Waals surface area contributed by atoms with Crippen LogP contribution >= 0.6 is 0 Å². The number of hydrogen-bond acceptors (Lipinski definition) is 3. The second-order valence-corrected chi connectivity index (χ2v) is 10.00. The number of rotatable bonds is 2. The van der Waals surface area contributed by atoms with Gasteiger partial charge in [-0.2, -0.15) is 0 Å². The van der Waals surface area contributed by atoms with E-state index in [2.05, 4.69) is 13.8 Å². The molecule has 4 saturated carbocycles. The molecule has 4 aliphatic carbocycles. The van der Waals surface area contributed by atoms with Crippen molar-refractivity contribution >= 4 is 6.29 Å². The van der Waals surface area contributed by atoms with Crippen LogP contribution in [0.1, 0.15) is 71.6 Å². The summed E-state index contributed by atoms with van der Waals surface area (Å²) in [5.41, 5.74) is -0.712. The van der Waals surface area contributed by atoms with Crippen LogP contribution in [0.25, 0.3) is 0 Å². The molecule has 0 radical (unpaired) electrons. The van der Waals surface area contributed by atoms with Gasteiger partial charge < -0.3 is 15.0 Å². The fraction of sp³-hybridized carbons (Fsp3) is 0.950. The van der Waals surface area contributed by atoms with Gasteiger partial charge in [0.15, 0.2) is 0 Å². The minimum Gasteiger partial charge on any atom is -0.393 e. The van der Waals surface area contributed by atoms with Crippen molar-refractivity contribution in [1.29, 1.82) is 0 Å². The third-order valence-corrected chi connectivity index (χ3v) is 8.71. The zero-order chi connectivity index (χ0) is 16.5. The quantitative estimate of drug-likeness (QED) is 0.767. The molecule has 130 valence electrons. The Labute approximate surface area is 139 Å². The number of aliphatic hydroxyl groups is 2. The van der Waals surface area contributed by atoms with Crippen molar-refractivity contribution in [2.24, 2.45) is 34.0 Å². The Morgan fingerprint density at radius 1 is 1.09 bits per heavy atom. The topological polar surface area (TPSA) is 57.5 Å². The van der Waals surface area contributed by atoms with E-state index in [0.29, 0.717) is 18.3 Å². The lowest BCUT2D eigenvalue weighted by Gasteiger charge is -2.62. The number of hydrogen-bond donors (Lipinski definition) is 2. The van der Waals surface area contributed by atoms with E-state index >= 15 is 0 Å². The second-order valence-electron chi connectivity index (χ2n) is 10.00. The van der Waals surface area contributed by atoms with Crippen molar-refractivity contribution in [3.8, 4) is 0 Å². The smallest absolute Gasteiger partial charge is 0.126 e. The number of aliphatic hydroxyl groups excluding tert-OH is 1. The molecule has 3 nitrogen and oxygen atoms in total. The van der Waals surface area contributed by atoms with Gasteiger partial charge in [-0.1, -0.05) is 20.3 Å². The second kappa shape index (κ2) is 4.82. The Hall–Kier alpha value is -0.410. The Bertz CT molecular complexity index is 515. The van der Waals surface area contributed by atoms with E-state index in [1.807, 2.05) is 0 Å².